The van der Waals surface area contributed by atoms with Crippen molar-refractivity contribution in [3.63, 3.8) is 0 Å². The Labute approximate surface area is 236 Å². The number of carbonyl (C=O) groups excluding carboxylic acids is 1. The summed E-state index contributed by atoms with van der Waals surface area (Å²) in [5.41, 5.74) is 2.97. The molecule has 2 heterocycles. The summed E-state index contributed by atoms with van der Waals surface area (Å²) in [5.74, 6) is 2.21. The molecule has 0 bridgehead atoms. The third-order valence-corrected chi connectivity index (χ3v) is 7.43. The van der Waals surface area contributed by atoms with E-state index in [1.54, 1.807) is 23.6 Å². The van der Waals surface area contributed by atoms with Crippen molar-refractivity contribution in [1.29, 1.82) is 0 Å². The number of nitrogens with zero attached hydrogens (tertiary/aromatic N) is 3. The number of allylic oxidation sites excluding steroid dienone is 1. The summed E-state index contributed by atoms with van der Waals surface area (Å²) in [5, 5.41) is 8.70. The van der Waals surface area contributed by atoms with Crippen LogP contribution in [-0.4, -0.2) is 39.7 Å². The Kier molecular flexibility index (Phi) is 9.38. The lowest BCUT2D eigenvalue weighted by atomic mass is 9.95. The van der Waals surface area contributed by atoms with Crippen LogP contribution in [0, 0.1) is 0 Å². The number of rotatable bonds is 11. The van der Waals surface area contributed by atoms with Gasteiger partial charge in [-0.1, -0.05) is 55.4 Å². The molecule has 0 spiro atoms. The topological polar surface area (TPSA) is 87.5 Å². The molecular formula is C28H33BrN4O4S. The largest absolute Gasteiger partial charge is 0.493 e. The van der Waals surface area contributed by atoms with Crippen molar-refractivity contribution in [1.82, 2.24) is 14.8 Å². The summed E-state index contributed by atoms with van der Waals surface area (Å²) >= 11 is 5.28. The van der Waals surface area contributed by atoms with Crippen LogP contribution in [0.25, 0.3) is 0 Å². The van der Waals surface area contributed by atoms with Crippen molar-refractivity contribution in [3.05, 3.63) is 69.3 Å². The highest BCUT2D eigenvalue weighted by molar-refractivity contribution is 9.10. The third kappa shape index (κ3) is 6.35. The number of benzene rings is 2. The highest BCUT2D eigenvalue weighted by atomic mass is 79.9. The van der Waals surface area contributed by atoms with Crippen LogP contribution in [0.2, 0.25) is 0 Å². The summed E-state index contributed by atoms with van der Waals surface area (Å²) in [6, 6.07) is 13.2. The van der Waals surface area contributed by atoms with Gasteiger partial charge in [0.15, 0.2) is 11.5 Å². The highest BCUT2D eigenvalue weighted by Crippen LogP contribution is 2.43. The molecule has 0 radical (unpaired) electrons. The van der Waals surface area contributed by atoms with Crippen molar-refractivity contribution >= 4 is 39.6 Å². The zero-order chi connectivity index (χ0) is 27.2. The maximum atomic E-state index is 13.3. The average molecular weight is 602 g/mol. The minimum absolute atomic E-state index is 0.268. The maximum Gasteiger partial charge on any atom is 0.338 e. The molecule has 1 aliphatic heterocycles. The van der Waals surface area contributed by atoms with Crippen molar-refractivity contribution in [2.45, 2.75) is 64.4 Å². The predicted octanol–water partition coefficient (Wildman–Crippen LogP) is 6.76. The second-order valence-corrected chi connectivity index (χ2v) is 11.1. The predicted molar refractivity (Wildman–Crippen MR) is 153 cm³/mol. The first kappa shape index (κ1) is 28.0. The van der Waals surface area contributed by atoms with Crippen molar-refractivity contribution in [2.24, 2.45) is 0 Å². The quantitative estimate of drug-likeness (QED) is 0.147. The number of aromatic nitrogens is 3. The summed E-state index contributed by atoms with van der Waals surface area (Å²) in [4.78, 5) is 18.0. The smallest absolute Gasteiger partial charge is 0.338 e. The molecule has 0 saturated heterocycles. The number of ether oxygens (including phenoxy) is 3. The van der Waals surface area contributed by atoms with Crippen LogP contribution in [0.3, 0.4) is 0 Å². The average Bonchev–Trinajstić information content (AvgIpc) is 3.29. The molecule has 0 saturated carbocycles. The minimum Gasteiger partial charge on any atom is -0.493 e. The Bertz CT molecular complexity index is 1310. The molecular weight excluding hydrogens is 568 g/mol. The number of hydrogen-bond donors (Lipinski definition) is 1. The molecule has 1 atom stereocenters. The Morgan fingerprint density at radius 3 is 2.68 bits per heavy atom. The molecule has 0 amide bonds. The first-order valence-corrected chi connectivity index (χ1v) is 14.4. The van der Waals surface area contributed by atoms with Crippen LogP contribution in [0.1, 0.15) is 57.7 Å². The lowest BCUT2D eigenvalue weighted by Crippen LogP contribution is -2.30. The summed E-state index contributed by atoms with van der Waals surface area (Å²) in [6.07, 6.45) is 1.90. The van der Waals surface area contributed by atoms with Crippen molar-refractivity contribution in [2.75, 3.05) is 18.2 Å². The number of nitrogens with one attached hydrogen (secondary N) is 1. The lowest BCUT2D eigenvalue weighted by Gasteiger charge is -2.29. The number of esters is 1. The molecule has 202 valence electrons. The van der Waals surface area contributed by atoms with E-state index < -0.39 is 12.0 Å². The number of thioether (sulfide) groups is 1. The normalized spacial score (nSPS) is 14.8. The fourth-order valence-corrected chi connectivity index (χ4v) is 5.60. The van der Waals surface area contributed by atoms with E-state index in [1.165, 1.54) is 0 Å². The number of anilines is 1. The number of methoxy groups -OCH3 is 1. The zero-order valence-electron chi connectivity index (χ0n) is 22.3. The van der Waals surface area contributed by atoms with Gasteiger partial charge in [-0.2, -0.15) is 4.98 Å². The van der Waals surface area contributed by atoms with Gasteiger partial charge < -0.3 is 19.5 Å². The molecule has 0 aliphatic carbocycles. The van der Waals surface area contributed by atoms with Gasteiger partial charge in [0.1, 0.15) is 12.6 Å². The first-order valence-electron chi connectivity index (χ1n) is 12.6. The van der Waals surface area contributed by atoms with Crippen LogP contribution < -0.4 is 14.8 Å². The summed E-state index contributed by atoms with van der Waals surface area (Å²) < 4.78 is 20.0. The molecule has 1 aliphatic rings. The number of fused-ring (bicyclic) bond motifs is 1. The van der Waals surface area contributed by atoms with Crippen LogP contribution in [0.4, 0.5) is 5.95 Å². The SMILES string of the molecule is CCCCSc1nc2n(n1)C(c1cc(Br)c(OCc3ccccc3)c(OC)c1)C(C(=O)OC(C)C)=C(C)N2. The van der Waals surface area contributed by atoms with Gasteiger partial charge >= 0.3 is 5.97 Å². The molecule has 3 aromatic rings. The van der Waals surface area contributed by atoms with E-state index in [4.69, 9.17) is 24.3 Å². The number of halogens is 1. The van der Waals surface area contributed by atoms with E-state index in [0.717, 1.165) is 29.7 Å². The van der Waals surface area contributed by atoms with Gasteiger partial charge in [-0.3, -0.25) is 0 Å². The number of unbranched alkanes of at least 4 members (excludes halogenated alkanes) is 1. The molecule has 4 rings (SSSR count). The minimum atomic E-state index is -0.570. The van der Waals surface area contributed by atoms with Gasteiger partial charge in [0, 0.05) is 11.4 Å². The summed E-state index contributed by atoms with van der Waals surface area (Å²) in [7, 11) is 1.60. The molecule has 1 N–H and O–H groups in total. The first-order chi connectivity index (χ1) is 18.3. The molecule has 1 unspecified atom stereocenters. The fraction of sp³-hybridized carbons (Fsp3) is 0.393. The van der Waals surface area contributed by atoms with Crippen LogP contribution in [0.5, 0.6) is 11.5 Å². The Morgan fingerprint density at radius 2 is 2.00 bits per heavy atom. The van der Waals surface area contributed by atoms with E-state index in [1.807, 2.05) is 63.2 Å². The number of hydrogen-bond acceptors (Lipinski definition) is 8. The van der Waals surface area contributed by atoms with Gasteiger partial charge in [0.2, 0.25) is 11.1 Å². The van der Waals surface area contributed by atoms with Gasteiger partial charge in [-0.15, -0.1) is 5.10 Å². The molecule has 8 nitrogen and oxygen atoms in total. The van der Waals surface area contributed by atoms with Crippen LogP contribution in [0.15, 0.2) is 63.4 Å². The van der Waals surface area contributed by atoms with Gasteiger partial charge in [0.25, 0.3) is 0 Å². The van der Waals surface area contributed by atoms with Crippen molar-refractivity contribution < 1.29 is 19.0 Å². The van der Waals surface area contributed by atoms with Crippen LogP contribution in [-0.2, 0) is 16.1 Å². The monoisotopic (exact) mass is 600 g/mol. The van der Waals surface area contributed by atoms with E-state index in [0.29, 0.717) is 45.0 Å². The molecule has 1 aromatic heterocycles. The number of carbonyl (C=O) groups is 1. The molecule has 10 heteroatoms. The Hall–Kier alpha value is -2.98. The Balaban J connectivity index is 1.75. The summed E-state index contributed by atoms with van der Waals surface area (Å²) in [6.45, 7) is 8.07. The highest BCUT2D eigenvalue weighted by Gasteiger charge is 2.36. The van der Waals surface area contributed by atoms with Gasteiger partial charge in [0.05, 0.1) is 23.3 Å². The van der Waals surface area contributed by atoms with E-state index >= 15 is 0 Å². The van der Waals surface area contributed by atoms with Crippen molar-refractivity contribution in [3.8, 4) is 11.5 Å². The van der Waals surface area contributed by atoms with E-state index in [2.05, 4.69) is 28.2 Å². The second-order valence-electron chi connectivity index (χ2n) is 9.19. The van der Waals surface area contributed by atoms with Gasteiger partial charge in [-0.25, -0.2) is 9.48 Å². The van der Waals surface area contributed by atoms with Gasteiger partial charge in [-0.05, 0) is 66.4 Å². The Morgan fingerprint density at radius 1 is 1.24 bits per heavy atom. The second kappa shape index (κ2) is 12.7. The molecule has 38 heavy (non-hydrogen) atoms. The van der Waals surface area contributed by atoms with Crippen LogP contribution >= 0.6 is 27.7 Å². The molecule has 2 aromatic carbocycles. The zero-order valence-corrected chi connectivity index (χ0v) is 24.7. The molecule has 0 fully saturated rings. The maximum absolute atomic E-state index is 13.3. The lowest BCUT2D eigenvalue weighted by molar-refractivity contribution is -0.143. The van der Waals surface area contributed by atoms with E-state index in [9.17, 15) is 4.79 Å². The standard InChI is InChI=1S/C28H33BrN4O4S/c1-6-7-13-38-28-31-27-30-18(4)23(26(34)37-17(2)3)24(33(27)32-28)20-14-21(29)25(22(15-20)35-5)36-16-19-11-9-8-10-12-19/h8-12,14-15,17,24H,6-7,13,16H2,1-5H3,(H,30,31,32). The van der Waals surface area contributed by atoms with E-state index in [-0.39, 0.29) is 6.10 Å². The fourth-order valence-electron chi connectivity index (χ4n) is 4.12. The third-order valence-electron chi connectivity index (χ3n) is 5.92.